The van der Waals surface area contributed by atoms with Crippen LogP contribution in [0.3, 0.4) is 0 Å². The van der Waals surface area contributed by atoms with Crippen LogP contribution in [-0.4, -0.2) is 0 Å². The molecule has 0 N–H and O–H groups in total. The van der Waals surface area contributed by atoms with Gasteiger partial charge < -0.3 is 0 Å². The van der Waals surface area contributed by atoms with Gasteiger partial charge in [0, 0.05) is 0 Å². The zero-order chi connectivity index (χ0) is 13.4. The Morgan fingerprint density at radius 3 is 2.00 bits per heavy atom. The summed E-state index contributed by atoms with van der Waals surface area (Å²) in [5.41, 5.74) is 3.65. The predicted molar refractivity (Wildman–Crippen MR) is 68.4 cm³/mol. The lowest BCUT2D eigenvalue weighted by Crippen LogP contribution is -2.02. The molecule has 0 spiro atoms. The van der Waals surface area contributed by atoms with Gasteiger partial charge in [-0.05, 0) is 60.1 Å². The number of hydrogen-bond acceptors (Lipinski definition) is 0. The molecule has 0 fully saturated rings. The van der Waals surface area contributed by atoms with Crippen molar-refractivity contribution in [2.75, 3.05) is 0 Å². The standard InChI is InChI=1S/C16H13F3/c17-14-8-13(9-15(18)16(14)19)12-6-5-10-3-1-2-4-11(10)7-12/h5-9H,1-4H2. The molecule has 0 radical (unpaired) electrons. The maximum Gasteiger partial charge on any atom is 0.194 e. The SMILES string of the molecule is Fc1cc(-c2ccc3c(c2)CCCC3)cc(F)c1F. The van der Waals surface area contributed by atoms with Crippen molar-refractivity contribution in [3.8, 4) is 11.1 Å². The average Bonchev–Trinajstić information content (AvgIpc) is 2.43. The smallest absolute Gasteiger partial charge is 0.194 e. The molecule has 2 aromatic carbocycles. The minimum Gasteiger partial charge on any atom is -0.204 e. The van der Waals surface area contributed by atoms with Crippen LogP contribution in [-0.2, 0) is 12.8 Å². The minimum atomic E-state index is -1.42. The fourth-order valence-corrected chi connectivity index (χ4v) is 2.64. The first-order chi connectivity index (χ1) is 9.15. The monoisotopic (exact) mass is 262 g/mol. The molecule has 98 valence electrons. The molecule has 0 saturated carbocycles. The van der Waals surface area contributed by atoms with Crippen molar-refractivity contribution < 1.29 is 13.2 Å². The van der Waals surface area contributed by atoms with E-state index >= 15 is 0 Å². The van der Waals surface area contributed by atoms with E-state index in [-0.39, 0.29) is 0 Å². The van der Waals surface area contributed by atoms with E-state index in [4.69, 9.17) is 0 Å². The van der Waals surface area contributed by atoms with Crippen LogP contribution in [0.1, 0.15) is 24.0 Å². The van der Waals surface area contributed by atoms with Crippen LogP contribution in [0.4, 0.5) is 13.2 Å². The predicted octanol–water partition coefficient (Wildman–Crippen LogP) is 4.65. The van der Waals surface area contributed by atoms with Gasteiger partial charge in [-0.15, -0.1) is 0 Å². The molecule has 0 aromatic heterocycles. The van der Waals surface area contributed by atoms with Crippen molar-refractivity contribution in [1.29, 1.82) is 0 Å². The van der Waals surface area contributed by atoms with Crippen molar-refractivity contribution in [3.05, 3.63) is 58.9 Å². The summed E-state index contributed by atoms with van der Waals surface area (Å²) in [6, 6.07) is 7.89. The zero-order valence-electron chi connectivity index (χ0n) is 10.3. The van der Waals surface area contributed by atoms with Crippen molar-refractivity contribution in [1.82, 2.24) is 0 Å². The van der Waals surface area contributed by atoms with E-state index < -0.39 is 17.5 Å². The second-order valence-corrected chi connectivity index (χ2v) is 4.94. The summed E-state index contributed by atoms with van der Waals surface area (Å²) in [6.45, 7) is 0. The lowest BCUT2D eigenvalue weighted by molar-refractivity contribution is 0.447. The highest BCUT2D eigenvalue weighted by atomic mass is 19.2. The molecule has 19 heavy (non-hydrogen) atoms. The van der Waals surface area contributed by atoms with Crippen molar-refractivity contribution in [2.45, 2.75) is 25.7 Å². The van der Waals surface area contributed by atoms with E-state index in [9.17, 15) is 13.2 Å². The number of aryl methyl sites for hydroxylation is 2. The molecular weight excluding hydrogens is 249 g/mol. The van der Waals surface area contributed by atoms with E-state index in [2.05, 4.69) is 0 Å². The van der Waals surface area contributed by atoms with Gasteiger partial charge >= 0.3 is 0 Å². The van der Waals surface area contributed by atoms with E-state index in [0.29, 0.717) is 5.56 Å². The molecule has 1 aliphatic carbocycles. The molecule has 0 atom stereocenters. The van der Waals surface area contributed by atoms with E-state index in [1.807, 2.05) is 18.2 Å². The second kappa shape index (κ2) is 4.72. The quantitative estimate of drug-likeness (QED) is 0.656. The summed E-state index contributed by atoms with van der Waals surface area (Å²) in [5, 5.41) is 0. The third kappa shape index (κ3) is 2.25. The molecule has 0 heterocycles. The molecule has 3 rings (SSSR count). The maximum absolute atomic E-state index is 13.2. The lowest BCUT2D eigenvalue weighted by Gasteiger charge is -2.16. The molecule has 2 aromatic rings. The summed E-state index contributed by atoms with van der Waals surface area (Å²) in [4.78, 5) is 0. The Morgan fingerprint density at radius 1 is 0.684 bits per heavy atom. The highest BCUT2D eigenvalue weighted by molar-refractivity contribution is 5.65. The van der Waals surface area contributed by atoms with Crippen LogP contribution in [0.5, 0.6) is 0 Å². The molecule has 0 amide bonds. The third-order valence-electron chi connectivity index (χ3n) is 3.67. The number of hydrogen-bond donors (Lipinski definition) is 0. The number of benzene rings is 2. The topological polar surface area (TPSA) is 0 Å². The first-order valence-corrected chi connectivity index (χ1v) is 6.42. The van der Waals surface area contributed by atoms with E-state index in [1.54, 1.807) is 0 Å². The maximum atomic E-state index is 13.2. The van der Waals surface area contributed by atoms with Gasteiger partial charge in [-0.2, -0.15) is 0 Å². The Labute approximate surface area is 109 Å². The van der Waals surface area contributed by atoms with E-state index in [1.165, 1.54) is 17.5 Å². The molecule has 0 unspecified atom stereocenters. The average molecular weight is 262 g/mol. The highest BCUT2D eigenvalue weighted by Crippen LogP contribution is 2.29. The summed E-state index contributed by atoms with van der Waals surface area (Å²) < 4.78 is 39.4. The van der Waals surface area contributed by atoms with Gasteiger partial charge in [0.2, 0.25) is 0 Å². The number of halogens is 3. The van der Waals surface area contributed by atoms with Crippen molar-refractivity contribution in [3.63, 3.8) is 0 Å². The van der Waals surface area contributed by atoms with Gasteiger partial charge in [-0.1, -0.05) is 18.2 Å². The summed E-state index contributed by atoms with van der Waals surface area (Å²) in [7, 11) is 0. The minimum absolute atomic E-state index is 0.379. The fourth-order valence-electron chi connectivity index (χ4n) is 2.64. The molecular formula is C16H13F3. The fraction of sp³-hybridized carbons (Fsp3) is 0.250. The summed E-state index contributed by atoms with van der Waals surface area (Å²) in [5.74, 6) is -3.71. The Kier molecular flexibility index (Phi) is 3.05. The zero-order valence-corrected chi connectivity index (χ0v) is 10.3. The molecule has 0 nitrogen and oxygen atoms in total. The van der Waals surface area contributed by atoms with Crippen molar-refractivity contribution in [2.24, 2.45) is 0 Å². The normalized spacial score (nSPS) is 14.3. The molecule has 3 heteroatoms. The Balaban J connectivity index is 2.07. The van der Waals surface area contributed by atoms with Crippen LogP contribution in [0.2, 0.25) is 0 Å². The van der Waals surface area contributed by atoms with E-state index in [0.717, 1.165) is 37.0 Å². The lowest BCUT2D eigenvalue weighted by atomic mass is 9.89. The Bertz CT molecular complexity index is 609. The van der Waals surface area contributed by atoms with Gasteiger partial charge in [0.1, 0.15) is 0 Å². The summed E-state index contributed by atoms with van der Waals surface area (Å²) >= 11 is 0. The van der Waals surface area contributed by atoms with Crippen molar-refractivity contribution >= 4 is 0 Å². The molecule has 0 bridgehead atoms. The third-order valence-corrected chi connectivity index (χ3v) is 3.67. The van der Waals surface area contributed by atoms with Gasteiger partial charge in [-0.3, -0.25) is 0 Å². The molecule has 0 aliphatic heterocycles. The van der Waals surface area contributed by atoms with Gasteiger partial charge in [0.15, 0.2) is 17.5 Å². The van der Waals surface area contributed by atoms with Crippen LogP contribution in [0.15, 0.2) is 30.3 Å². The van der Waals surface area contributed by atoms with Gasteiger partial charge in [0.05, 0.1) is 0 Å². The van der Waals surface area contributed by atoms with Crippen LogP contribution in [0, 0.1) is 17.5 Å². The second-order valence-electron chi connectivity index (χ2n) is 4.94. The first kappa shape index (κ1) is 12.3. The molecule has 1 aliphatic rings. The highest BCUT2D eigenvalue weighted by Gasteiger charge is 2.14. The van der Waals surface area contributed by atoms with Crippen LogP contribution < -0.4 is 0 Å². The number of rotatable bonds is 1. The van der Waals surface area contributed by atoms with Crippen LogP contribution in [0.25, 0.3) is 11.1 Å². The van der Waals surface area contributed by atoms with Crippen LogP contribution >= 0.6 is 0 Å². The van der Waals surface area contributed by atoms with Gasteiger partial charge in [-0.25, -0.2) is 13.2 Å². The first-order valence-electron chi connectivity index (χ1n) is 6.42. The Hall–Kier alpha value is -1.77. The Morgan fingerprint density at radius 2 is 1.32 bits per heavy atom. The molecule has 0 saturated heterocycles. The largest absolute Gasteiger partial charge is 0.204 e. The number of fused-ring (bicyclic) bond motifs is 1. The summed E-state index contributed by atoms with van der Waals surface area (Å²) in [6.07, 6.45) is 4.38. The van der Waals surface area contributed by atoms with Gasteiger partial charge in [0.25, 0.3) is 0 Å².